The zero-order valence-corrected chi connectivity index (χ0v) is 20.2. The van der Waals surface area contributed by atoms with Gasteiger partial charge in [-0.15, -0.1) is 0 Å². The molecule has 0 saturated heterocycles. The van der Waals surface area contributed by atoms with Gasteiger partial charge in [0.1, 0.15) is 12.4 Å². The van der Waals surface area contributed by atoms with E-state index in [0.29, 0.717) is 23.3 Å². The van der Waals surface area contributed by atoms with E-state index < -0.39 is 5.41 Å². The lowest BCUT2D eigenvalue weighted by atomic mass is 9.85. The molecule has 1 N–H and O–H groups in total. The lowest BCUT2D eigenvalue weighted by Crippen LogP contribution is -2.17. The highest BCUT2D eigenvalue weighted by atomic mass is 16.5. The van der Waals surface area contributed by atoms with Crippen molar-refractivity contribution in [3.63, 3.8) is 0 Å². The molecule has 0 saturated carbocycles. The molecule has 0 bridgehead atoms. The van der Waals surface area contributed by atoms with Crippen LogP contribution in [0, 0.1) is 18.3 Å². The number of aromatic nitrogens is 3. The predicted molar refractivity (Wildman–Crippen MR) is 136 cm³/mol. The largest absolute Gasteiger partial charge is 0.485 e. The summed E-state index contributed by atoms with van der Waals surface area (Å²) in [6.45, 7) is 5.56. The topological polar surface area (TPSA) is 110 Å². The number of aldehydes is 1. The van der Waals surface area contributed by atoms with Crippen LogP contribution in [-0.2, 0) is 10.2 Å². The molecular formula is C28H25N5O3. The van der Waals surface area contributed by atoms with Crippen LogP contribution in [0.4, 0.5) is 5.69 Å². The summed E-state index contributed by atoms with van der Waals surface area (Å²) in [5.74, 6) is 0.232. The number of pyridine rings is 1. The standard InChI is InChI=1S/C28H25N5O3/c1-19-7-8-24(32-27(35)20-5-4-6-23(11-20)28(2,3)18-29)13-26(19)33-17-22(15-31-33)21-12-25(16-30-14-21)36-10-9-34/h4-9,11-17H,10H2,1-3H3,(H,32,35). The Hall–Kier alpha value is -4.77. The second-order valence-electron chi connectivity index (χ2n) is 8.83. The fraction of sp³-hybridized carbons (Fsp3) is 0.179. The number of nitrogens with zero attached hydrogens (tertiary/aromatic N) is 4. The number of hydrogen-bond acceptors (Lipinski definition) is 6. The Morgan fingerprint density at radius 2 is 1.97 bits per heavy atom. The van der Waals surface area contributed by atoms with Gasteiger partial charge in [0.15, 0.2) is 6.29 Å². The molecule has 2 aromatic carbocycles. The first-order chi connectivity index (χ1) is 17.3. The second kappa shape index (κ2) is 10.2. The predicted octanol–water partition coefficient (Wildman–Crippen LogP) is 4.87. The van der Waals surface area contributed by atoms with E-state index in [1.165, 1.54) is 0 Å². The summed E-state index contributed by atoms with van der Waals surface area (Å²) in [5.41, 5.74) is 4.58. The Balaban J connectivity index is 1.57. The van der Waals surface area contributed by atoms with Gasteiger partial charge in [-0.1, -0.05) is 18.2 Å². The van der Waals surface area contributed by atoms with Crippen LogP contribution in [0.15, 0.2) is 73.3 Å². The fourth-order valence-corrected chi connectivity index (χ4v) is 3.64. The van der Waals surface area contributed by atoms with Crippen LogP contribution in [0.5, 0.6) is 5.75 Å². The molecule has 4 rings (SSSR count). The third-order valence-corrected chi connectivity index (χ3v) is 5.79. The van der Waals surface area contributed by atoms with Crippen LogP contribution >= 0.6 is 0 Å². The normalized spacial score (nSPS) is 10.9. The third kappa shape index (κ3) is 5.31. The summed E-state index contributed by atoms with van der Waals surface area (Å²) < 4.78 is 7.07. The number of carbonyl (C=O) groups excluding carboxylic acids is 2. The average Bonchev–Trinajstić information content (AvgIpc) is 3.39. The number of ether oxygens (including phenoxy) is 1. The molecule has 0 aliphatic rings. The highest BCUT2D eigenvalue weighted by Crippen LogP contribution is 2.26. The Morgan fingerprint density at radius 3 is 2.75 bits per heavy atom. The van der Waals surface area contributed by atoms with Gasteiger partial charge in [-0.2, -0.15) is 10.4 Å². The number of nitriles is 1. The van der Waals surface area contributed by atoms with Crippen molar-refractivity contribution in [3.8, 4) is 28.6 Å². The number of carbonyl (C=O) groups is 2. The minimum atomic E-state index is -0.694. The van der Waals surface area contributed by atoms with Gasteiger partial charge in [0.25, 0.3) is 5.91 Å². The Bertz CT molecular complexity index is 1470. The molecule has 0 radical (unpaired) electrons. The molecule has 0 unspecified atom stereocenters. The zero-order chi connectivity index (χ0) is 25.7. The summed E-state index contributed by atoms with van der Waals surface area (Å²) >= 11 is 0. The van der Waals surface area contributed by atoms with Gasteiger partial charge in [0.05, 0.1) is 29.6 Å². The Morgan fingerprint density at radius 1 is 1.14 bits per heavy atom. The molecule has 0 atom stereocenters. The molecule has 180 valence electrons. The molecule has 2 aromatic heterocycles. The second-order valence-corrected chi connectivity index (χ2v) is 8.83. The van der Waals surface area contributed by atoms with E-state index in [1.807, 2.05) is 51.2 Å². The van der Waals surface area contributed by atoms with E-state index in [-0.39, 0.29) is 12.5 Å². The van der Waals surface area contributed by atoms with E-state index in [2.05, 4.69) is 21.5 Å². The van der Waals surface area contributed by atoms with Gasteiger partial charge in [-0.25, -0.2) is 4.68 Å². The molecule has 0 spiro atoms. The molecule has 2 heterocycles. The molecule has 4 aromatic rings. The van der Waals surface area contributed by atoms with Crippen LogP contribution in [0.25, 0.3) is 16.8 Å². The quantitative estimate of drug-likeness (QED) is 0.361. The smallest absolute Gasteiger partial charge is 0.255 e. The maximum Gasteiger partial charge on any atom is 0.255 e. The van der Waals surface area contributed by atoms with Crippen LogP contribution in [-0.4, -0.2) is 33.6 Å². The average molecular weight is 480 g/mol. The monoisotopic (exact) mass is 479 g/mol. The summed E-state index contributed by atoms with van der Waals surface area (Å²) in [6, 6.07) is 16.8. The van der Waals surface area contributed by atoms with Crippen molar-refractivity contribution in [3.05, 3.63) is 90.0 Å². The summed E-state index contributed by atoms with van der Waals surface area (Å²) in [4.78, 5) is 27.7. The first kappa shape index (κ1) is 24.4. The zero-order valence-electron chi connectivity index (χ0n) is 20.2. The molecule has 0 fully saturated rings. The van der Waals surface area contributed by atoms with Crippen molar-refractivity contribution in [2.45, 2.75) is 26.2 Å². The van der Waals surface area contributed by atoms with Gasteiger partial charge in [0.2, 0.25) is 0 Å². The minimum absolute atomic E-state index is 0.0392. The number of nitrogens with one attached hydrogen (secondary N) is 1. The van der Waals surface area contributed by atoms with E-state index in [1.54, 1.807) is 47.5 Å². The number of hydrogen-bond donors (Lipinski definition) is 1. The van der Waals surface area contributed by atoms with Gasteiger partial charge in [-0.05, 0) is 62.2 Å². The van der Waals surface area contributed by atoms with E-state index in [9.17, 15) is 14.9 Å². The molecule has 1 amide bonds. The number of benzene rings is 2. The molecule has 8 heteroatoms. The number of rotatable bonds is 8. The highest BCUT2D eigenvalue weighted by Gasteiger charge is 2.21. The van der Waals surface area contributed by atoms with E-state index >= 15 is 0 Å². The molecule has 36 heavy (non-hydrogen) atoms. The van der Waals surface area contributed by atoms with Crippen LogP contribution in [0.3, 0.4) is 0 Å². The molecule has 0 aliphatic carbocycles. The first-order valence-electron chi connectivity index (χ1n) is 11.3. The van der Waals surface area contributed by atoms with Crippen LogP contribution < -0.4 is 10.1 Å². The lowest BCUT2D eigenvalue weighted by molar-refractivity contribution is -0.109. The third-order valence-electron chi connectivity index (χ3n) is 5.79. The Labute approximate surface area is 209 Å². The van der Waals surface area contributed by atoms with Gasteiger partial charge in [-0.3, -0.25) is 14.6 Å². The van der Waals surface area contributed by atoms with Gasteiger partial charge in [0, 0.05) is 34.8 Å². The van der Waals surface area contributed by atoms with Crippen molar-refractivity contribution >= 4 is 17.9 Å². The van der Waals surface area contributed by atoms with Crippen molar-refractivity contribution in [2.75, 3.05) is 11.9 Å². The molecule has 0 aliphatic heterocycles. The van der Waals surface area contributed by atoms with Gasteiger partial charge >= 0.3 is 0 Å². The van der Waals surface area contributed by atoms with Crippen molar-refractivity contribution in [1.29, 1.82) is 5.26 Å². The summed E-state index contributed by atoms with van der Waals surface area (Å²) in [6.07, 6.45) is 7.50. The van der Waals surface area contributed by atoms with Crippen molar-refractivity contribution < 1.29 is 14.3 Å². The number of aryl methyl sites for hydroxylation is 1. The van der Waals surface area contributed by atoms with Crippen molar-refractivity contribution in [2.24, 2.45) is 0 Å². The highest BCUT2D eigenvalue weighted by molar-refractivity contribution is 6.04. The fourth-order valence-electron chi connectivity index (χ4n) is 3.64. The molecular weight excluding hydrogens is 454 g/mol. The maximum atomic E-state index is 13.0. The first-order valence-corrected chi connectivity index (χ1v) is 11.3. The maximum absolute atomic E-state index is 13.0. The lowest BCUT2D eigenvalue weighted by Gasteiger charge is -2.16. The summed E-state index contributed by atoms with van der Waals surface area (Å²) in [5, 5.41) is 16.8. The number of amides is 1. The van der Waals surface area contributed by atoms with Crippen LogP contribution in [0.2, 0.25) is 0 Å². The molecule has 8 nitrogen and oxygen atoms in total. The van der Waals surface area contributed by atoms with Gasteiger partial charge < -0.3 is 10.1 Å². The van der Waals surface area contributed by atoms with Crippen LogP contribution in [0.1, 0.15) is 35.3 Å². The SMILES string of the molecule is Cc1ccc(NC(=O)c2cccc(C(C)(C)C#N)c2)cc1-n1cc(-c2cncc(OCC=O)c2)cn1. The summed E-state index contributed by atoms with van der Waals surface area (Å²) in [7, 11) is 0. The van der Waals surface area contributed by atoms with E-state index in [4.69, 9.17) is 4.74 Å². The number of anilines is 1. The minimum Gasteiger partial charge on any atom is -0.485 e. The van der Waals surface area contributed by atoms with E-state index in [0.717, 1.165) is 27.9 Å². The Kier molecular flexibility index (Phi) is 6.93. The van der Waals surface area contributed by atoms with Crippen molar-refractivity contribution in [1.82, 2.24) is 14.8 Å².